The average molecular weight is 254 g/mol. The highest BCUT2D eigenvalue weighted by atomic mass is 16.5. The number of ether oxygens (including phenoxy) is 1. The van der Waals surface area contributed by atoms with E-state index < -0.39 is 0 Å². The summed E-state index contributed by atoms with van der Waals surface area (Å²) in [5.41, 5.74) is 0. The molecular formula is C13H22N2O3. The molecule has 5 heteroatoms. The van der Waals surface area contributed by atoms with Crippen LogP contribution in [-0.2, 0) is 14.3 Å². The molecule has 0 bridgehead atoms. The van der Waals surface area contributed by atoms with Crippen LogP contribution in [0.4, 0.5) is 0 Å². The zero-order chi connectivity index (χ0) is 13.1. The third-order valence-corrected chi connectivity index (χ3v) is 3.89. The van der Waals surface area contributed by atoms with Gasteiger partial charge in [0.15, 0.2) is 0 Å². The number of hydrogen-bond acceptors (Lipinski definition) is 3. The summed E-state index contributed by atoms with van der Waals surface area (Å²) in [5, 5.41) is 2.73. The number of rotatable bonds is 4. The first-order valence-corrected chi connectivity index (χ1v) is 6.85. The summed E-state index contributed by atoms with van der Waals surface area (Å²) in [4.78, 5) is 25.4. The molecule has 3 unspecified atom stereocenters. The SMILES string of the molecule is CCC1NC(=O)CN(CC2CCOC2CC)C1=O. The van der Waals surface area contributed by atoms with E-state index >= 15 is 0 Å². The number of nitrogens with one attached hydrogen (secondary N) is 1. The van der Waals surface area contributed by atoms with E-state index in [2.05, 4.69) is 12.2 Å². The topological polar surface area (TPSA) is 58.6 Å². The van der Waals surface area contributed by atoms with Crippen molar-refractivity contribution in [2.24, 2.45) is 5.92 Å². The van der Waals surface area contributed by atoms with Crippen molar-refractivity contribution in [2.75, 3.05) is 19.7 Å². The molecule has 0 aromatic heterocycles. The Labute approximate surface area is 108 Å². The lowest BCUT2D eigenvalue weighted by atomic mass is 9.98. The molecule has 2 heterocycles. The summed E-state index contributed by atoms with van der Waals surface area (Å²) in [5.74, 6) is 0.384. The van der Waals surface area contributed by atoms with Gasteiger partial charge < -0.3 is 15.0 Å². The first kappa shape index (κ1) is 13.3. The van der Waals surface area contributed by atoms with Gasteiger partial charge in [0.05, 0.1) is 12.6 Å². The molecule has 0 aromatic carbocycles. The number of carbonyl (C=O) groups is 2. The molecule has 0 radical (unpaired) electrons. The van der Waals surface area contributed by atoms with Crippen molar-refractivity contribution in [3.63, 3.8) is 0 Å². The predicted molar refractivity (Wildman–Crippen MR) is 66.9 cm³/mol. The fourth-order valence-corrected chi connectivity index (χ4v) is 2.84. The number of hydrogen-bond donors (Lipinski definition) is 1. The highest BCUT2D eigenvalue weighted by molar-refractivity contribution is 5.94. The Morgan fingerprint density at radius 1 is 1.33 bits per heavy atom. The van der Waals surface area contributed by atoms with E-state index in [1.54, 1.807) is 4.90 Å². The summed E-state index contributed by atoms with van der Waals surface area (Å²) in [6, 6.07) is -0.339. The third kappa shape index (κ3) is 2.66. The van der Waals surface area contributed by atoms with Crippen LogP contribution in [-0.4, -0.2) is 48.6 Å². The van der Waals surface area contributed by atoms with Crippen LogP contribution in [0.2, 0.25) is 0 Å². The zero-order valence-corrected chi connectivity index (χ0v) is 11.1. The van der Waals surface area contributed by atoms with E-state index in [1.165, 1.54) is 0 Å². The lowest BCUT2D eigenvalue weighted by molar-refractivity contribution is -0.145. The van der Waals surface area contributed by atoms with Crippen LogP contribution in [0.3, 0.4) is 0 Å². The standard InChI is InChI=1S/C13H22N2O3/c1-3-10-13(17)15(8-12(16)14-10)7-9-5-6-18-11(9)4-2/h9-11H,3-8H2,1-2H3,(H,14,16). The molecule has 0 spiro atoms. The van der Waals surface area contributed by atoms with E-state index in [-0.39, 0.29) is 30.5 Å². The molecule has 2 fully saturated rings. The third-order valence-electron chi connectivity index (χ3n) is 3.89. The minimum Gasteiger partial charge on any atom is -0.378 e. The molecule has 2 aliphatic heterocycles. The zero-order valence-electron chi connectivity index (χ0n) is 11.1. The summed E-state index contributed by atoms with van der Waals surface area (Å²) < 4.78 is 5.63. The molecule has 3 atom stereocenters. The molecule has 0 aromatic rings. The van der Waals surface area contributed by atoms with Crippen LogP contribution in [0.15, 0.2) is 0 Å². The molecule has 2 aliphatic rings. The minimum atomic E-state index is -0.339. The van der Waals surface area contributed by atoms with Gasteiger partial charge in [-0.05, 0) is 19.3 Å². The van der Waals surface area contributed by atoms with E-state index in [1.807, 2.05) is 6.92 Å². The van der Waals surface area contributed by atoms with Crippen LogP contribution in [0, 0.1) is 5.92 Å². The summed E-state index contributed by atoms with van der Waals surface area (Å²) in [7, 11) is 0. The van der Waals surface area contributed by atoms with Crippen molar-refractivity contribution >= 4 is 11.8 Å². The molecule has 0 saturated carbocycles. The highest BCUT2D eigenvalue weighted by Crippen LogP contribution is 2.25. The van der Waals surface area contributed by atoms with Gasteiger partial charge in [0, 0.05) is 19.1 Å². The molecule has 102 valence electrons. The second kappa shape index (κ2) is 5.69. The van der Waals surface area contributed by atoms with E-state index in [0.717, 1.165) is 19.4 Å². The van der Waals surface area contributed by atoms with Crippen molar-refractivity contribution in [2.45, 2.75) is 45.3 Å². The van der Waals surface area contributed by atoms with Crippen LogP contribution >= 0.6 is 0 Å². The van der Waals surface area contributed by atoms with Crippen molar-refractivity contribution in [3.05, 3.63) is 0 Å². The second-order valence-electron chi connectivity index (χ2n) is 5.11. The van der Waals surface area contributed by atoms with E-state index in [0.29, 0.717) is 18.9 Å². The summed E-state index contributed by atoms with van der Waals surface area (Å²) in [6.45, 7) is 5.64. The smallest absolute Gasteiger partial charge is 0.245 e. The first-order valence-electron chi connectivity index (χ1n) is 6.85. The Hall–Kier alpha value is -1.10. The van der Waals surface area contributed by atoms with Gasteiger partial charge in [-0.3, -0.25) is 9.59 Å². The minimum absolute atomic E-state index is 0.0478. The Kier molecular flexibility index (Phi) is 4.22. The fourth-order valence-electron chi connectivity index (χ4n) is 2.84. The molecule has 5 nitrogen and oxygen atoms in total. The largest absolute Gasteiger partial charge is 0.378 e. The predicted octanol–water partition coefficient (Wildman–Crippen LogP) is 0.538. The number of nitrogens with zero attached hydrogens (tertiary/aromatic N) is 1. The van der Waals surface area contributed by atoms with Gasteiger partial charge in [0.25, 0.3) is 0 Å². The molecule has 2 saturated heterocycles. The molecule has 18 heavy (non-hydrogen) atoms. The molecule has 2 rings (SSSR count). The number of amides is 2. The van der Waals surface area contributed by atoms with Gasteiger partial charge in [-0.25, -0.2) is 0 Å². The molecule has 1 N–H and O–H groups in total. The quantitative estimate of drug-likeness (QED) is 0.796. The maximum atomic E-state index is 12.2. The van der Waals surface area contributed by atoms with Crippen molar-refractivity contribution < 1.29 is 14.3 Å². The van der Waals surface area contributed by atoms with Crippen LogP contribution in [0.25, 0.3) is 0 Å². The lowest BCUT2D eigenvalue weighted by Crippen LogP contribution is -2.58. The number of piperazine rings is 1. The fraction of sp³-hybridized carbons (Fsp3) is 0.846. The van der Waals surface area contributed by atoms with E-state index in [9.17, 15) is 9.59 Å². The van der Waals surface area contributed by atoms with Crippen LogP contribution < -0.4 is 5.32 Å². The Bertz CT molecular complexity index is 332. The van der Waals surface area contributed by atoms with Crippen LogP contribution in [0.1, 0.15) is 33.1 Å². The van der Waals surface area contributed by atoms with Crippen molar-refractivity contribution in [1.29, 1.82) is 0 Å². The molecule has 2 amide bonds. The molecular weight excluding hydrogens is 232 g/mol. The maximum absolute atomic E-state index is 12.2. The normalized spacial score (nSPS) is 32.8. The van der Waals surface area contributed by atoms with Gasteiger partial charge in [-0.2, -0.15) is 0 Å². The lowest BCUT2D eigenvalue weighted by Gasteiger charge is -2.34. The average Bonchev–Trinajstić information content (AvgIpc) is 2.80. The highest BCUT2D eigenvalue weighted by Gasteiger charge is 2.35. The summed E-state index contributed by atoms with van der Waals surface area (Å²) >= 11 is 0. The van der Waals surface area contributed by atoms with Crippen molar-refractivity contribution in [3.8, 4) is 0 Å². The van der Waals surface area contributed by atoms with Crippen LogP contribution in [0.5, 0.6) is 0 Å². The monoisotopic (exact) mass is 254 g/mol. The maximum Gasteiger partial charge on any atom is 0.245 e. The first-order chi connectivity index (χ1) is 8.65. The van der Waals surface area contributed by atoms with Gasteiger partial charge in [0.2, 0.25) is 11.8 Å². The van der Waals surface area contributed by atoms with Gasteiger partial charge in [0.1, 0.15) is 6.04 Å². The van der Waals surface area contributed by atoms with Gasteiger partial charge in [-0.1, -0.05) is 13.8 Å². The Balaban J connectivity index is 1.98. The Morgan fingerprint density at radius 2 is 2.11 bits per heavy atom. The Morgan fingerprint density at radius 3 is 2.78 bits per heavy atom. The van der Waals surface area contributed by atoms with Crippen molar-refractivity contribution in [1.82, 2.24) is 10.2 Å². The van der Waals surface area contributed by atoms with Gasteiger partial charge >= 0.3 is 0 Å². The molecule has 0 aliphatic carbocycles. The van der Waals surface area contributed by atoms with E-state index in [4.69, 9.17) is 4.74 Å². The summed E-state index contributed by atoms with van der Waals surface area (Å²) in [6.07, 6.45) is 2.85. The number of carbonyl (C=O) groups excluding carboxylic acids is 2. The van der Waals surface area contributed by atoms with Gasteiger partial charge in [-0.15, -0.1) is 0 Å². The second-order valence-corrected chi connectivity index (χ2v) is 5.11.